The number of methoxy groups -OCH3 is 2. The molecular formula is C22H32N2O6. The van der Waals surface area contributed by atoms with Crippen LogP contribution in [-0.4, -0.2) is 38.9 Å². The Balaban J connectivity index is 2.60. The van der Waals surface area contributed by atoms with Gasteiger partial charge < -0.3 is 29.6 Å². The molecule has 2 N–H and O–H groups in total. The average molecular weight is 421 g/mol. The second-order valence-electron chi connectivity index (χ2n) is 7.23. The summed E-state index contributed by atoms with van der Waals surface area (Å²) in [5, 5.41) is 5.59. The highest BCUT2D eigenvalue weighted by molar-refractivity contribution is 5.95. The summed E-state index contributed by atoms with van der Waals surface area (Å²) in [4.78, 5) is 25.3. The average Bonchev–Trinajstić information content (AvgIpc) is 2.70. The molecule has 8 heteroatoms. The number of carbonyl (C=O) groups is 2. The van der Waals surface area contributed by atoms with Crippen LogP contribution in [0.2, 0.25) is 0 Å². The Bertz CT molecular complexity index is 778. The maximum atomic E-state index is 12.9. The zero-order valence-electron chi connectivity index (χ0n) is 18.6. The van der Waals surface area contributed by atoms with E-state index in [9.17, 15) is 9.59 Å². The molecule has 1 unspecified atom stereocenters. The van der Waals surface area contributed by atoms with E-state index in [-0.39, 0.29) is 12.1 Å². The van der Waals surface area contributed by atoms with Gasteiger partial charge in [-0.2, -0.15) is 0 Å². The Labute approximate surface area is 177 Å². The minimum atomic E-state index is -0.713. The van der Waals surface area contributed by atoms with E-state index in [4.69, 9.17) is 18.9 Å². The van der Waals surface area contributed by atoms with Crippen molar-refractivity contribution in [1.82, 2.24) is 10.6 Å². The van der Waals surface area contributed by atoms with Gasteiger partial charge in [-0.1, -0.05) is 20.3 Å². The summed E-state index contributed by atoms with van der Waals surface area (Å²) in [7, 11) is 3.06. The molecule has 1 aromatic rings. The summed E-state index contributed by atoms with van der Waals surface area (Å²) < 4.78 is 22.3. The molecule has 8 nitrogen and oxygen atoms in total. The quantitative estimate of drug-likeness (QED) is 0.558. The Morgan fingerprint density at radius 2 is 1.73 bits per heavy atom. The molecule has 1 heterocycles. The standard InChI is InChI=1S/C22H32N2O6/c1-7-9-15-18(21(25)30-13(3)4)19(24-22(26)23-15)14-11-16(27-5)20(29-10-8-2)17(12-14)28-6/h11-13,19H,7-10H2,1-6H3,(H2,23,24,26). The van der Waals surface area contributed by atoms with E-state index in [2.05, 4.69) is 10.6 Å². The number of hydrogen-bond acceptors (Lipinski definition) is 6. The van der Waals surface area contributed by atoms with E-state index in [1.165, 1.54) is 14.2 Å². The van der Waals surface area contributed by atoms with Gasteiger partial charge in [-0.15, -0.1) is 0 Å². The molecule has 0 aromatic heterocycles. The molecule has 30 heavy (non-hydrogen) atoms. The van der Waals surface area contributed by atoms with Crippen LogP contribution in [0.4, 0.5) is 4.79 Å². The smallest absolute Gasteiger partial charge is 0.338 e. The molecule has 2 amide bonds. The van der Waals surface area contributed by atoms with Crippen molar-refractivity contribution in [2.24, 2.45) is 0 Å². The maximum absolute atomic E-state index is 12.9. The number of amides is 2. The molecule has 0 aliphatic carbocycles. The number of benzene rings is 1. The van der Waals surface area contributed by atoms with Crippen molar-refractivity contribution in [3.63, 3.8) is 0 Å². The highest BCUT2D eigenvalue weighted by Crippen LogP contribution is 2.42. The van der Waals surface area contributed by atoms with Gasteiger partial charge >= 0.3 is 12.0 Å². The summed E-state index contributed by atoms with van der Waals surface area (Å²) in [6.45, 7) is 8.06. The van der Waals surface area contributed by atoms with Crippen LogP contribution in [-0.2, 0) is 9.53 Å². The molecule has 0 saturated carbocycles. The van der Waals surface area contributed by atoms with Gasteiger partial charge in [0, 0.05) is 5.70 Å². The van der Waals surface area contributed by atoms with E-state index in [1.54, 1.807) is 26.0 Å². The lowest BCUT2D eigenvalue weighted by molar-refractivity contribution is -0.143. The third-order valence-electron chi connectivity index (χ3n) is 4.48. The van der Waals surface area contributed by atoms with Crippen LogP contribution in [0.3, 0.4) is 0 Å². The number of rotatable bonds is 10. The number of hydrogen-bond donors (Lipinski definition) is 2. The first-order valence-electron chi connectivity index (χ1n) is 10.3. The van der Waals surface area contributed by atoms with Crippen molar-refractivity contribution in [2.75, 3.05) is 20.8 Å². The largest absolute Gasteiger partial charge is 0.493 e. The van der Waals surface area contributed by atoms with Crippen LogP contribution in [0.25, 0.3) is 0 Å². The fourth-order valence-corrected chi connectivity index (χ4v) is 3.25. The molecular weight excluding hydrogens is 388 g/mol. The third kappa shape index (κ3) is 5.37. The number of allylic oxidation sites excluding steroid dienone is 1. The summed E-state index contributed by atoms with van der Waals surface area (Å²) >= 11 is 0. The first-order chi connectivity index (χ1) is 14.4. The number of nitrogens with one attached hydrogen (secondary N) is 2. The van der Waals surface area contributed by atoms with Gasteiger partial charge in [0.1, 0.15) is 0 Å². The molecule has 0 radical (unpaired) electrons. The summed E-state index contributed by atoms with van der Waals surface area (Å²) in [5.74, 6) is 0.920. The Hall–Kier alpha value is -2.90. The summed E-state index contributed by atoms with van der Waals surface area (Å²) in [5.41, 5.74) is 1.56. The highest BCUT2D eigenvalue weighted by atomic mass is 16.5. The second-order valence-corrected chi connectivity index (χ2v) is 7.23. The lowest BCUT2D eigenvalue weighted by Crippen LogP contribution is -2.46. The normalized spacial score (nSPS) is 16.1. The number of esters is 1. The second kappa shape index (κ2) is 10.8. The first-order valence-corrected chi connectivity index (χ1v) is 10.3. The van der Waals surface area contributed by atoms with Crippen LogP contribution >= 0.6 is 0 Å². The Morgan fingerprint density at radius 1 is 1.10 bits per heavy atom. The monoisotopic (exact) mass is 420 g/mol. The zero-order chi connectivity index (χ0) is 22.3. The van der Waals surface area contributed by atoms with Crippen molar-refractivity contribution in [2.45, 2.75) is 59.1 Å². The predicted molar refractivity (Wildman–Crippen MR) is 113 cm³/mol. The zero-order valence-corrected chi connectivity index (χ0v) is 18.6. The van der Waals surface area contributed by atoms with Crippen molar-refractivity contribution in [1.29, 1.82) is 0 Å². The number of carbonyl (C=O) groups excluding carboxylic acids is 2. The molecule has 1 aliphatic heterocycles. The van der Waals surface area contributed by atoms with Gasteiger partial charge in [0.05, 0.1) is 38.5 Å². The van der Waals surface area contributed by atoms with E-state index in [1.807, 2.05) is 13.8 Å². The lowest BCUT2D eigenvalue weighted by atomic mass is 9.93. The molecule has 1 atom stereocenters. The predicted octanol–water partition coefficient (Wildman–Crippen LogP) is 3.85. The first kappa shape index (κ1) is 23.4. The summed E-state index contributed by atoms with van der Waals surface area (Å²) in [6, 6.07) is 2.40. The molecule has 0 bridgehead atoms. The van der Waals surface area contributed by atoms with Gasteiger partial charge in [0.25, 0.3) is 0 Å². The van der Waals surface area contributed by atoms with Gasteiger partial charge in [-0.3, -0.25) is 0 Å². The molecule has 1 aliphatic rings. The van der Waals surface area contributed by atoms with E-state index < -0.39 is 12.0 Å². The minimum absolute atomic E-state index is 0.292. The van der Waals surface area contributed by atoms with Crippen LogP contribution in [0.1, 0.15) is 58.6 Å². The van der Waals surface area contributed by atoms with Crippen LogP contribution in [0.15, 0.2) is 23.4 Å². The number of urea groups is 1. The lowest BCUT2D eigenvalue weighted by Gasteiger charge is -2.30. The molecule has 0 spiro atoms. The Morgan fingerprint density at radius 3 is 2.23 bits per heavy atom. The Kier molecular flexibility index (Phi) is 8.38. The van der Waals surface area contributed by atoms with Crippen LogP contribution < -0.4 is 24.8 Å². The van der Waals surface area contributed by atoms with Crippen molar-refractivity contribution < 1.29 is 28.5 Å². The topological polar surface area (TPSA) is 95.1 Å². The van der Waals surface area contributed by atoms with Crippen molar-refractivity contribution >= 4 is 12.0 Å². The SMILES string of the molecule is CCCOc1c(OC)cc(C2NC(=O)NC(CCC)=C2C(=O)OC(C)C)cc1OC. The fraction of sp³-hybridized carbons (Fsp3) is 0.545. The molecule has 166 valence electrons. The minimum Gasteiger partial charge on any atom is -0.493 e. The fourth-order valence-electron chi connectivity index (χ4n) is 3.25. The van der Waals surface area contributed by atoms with E-state index in [0.717, 1.165) is 12.8 Å². The van der Waals surface area contributed by atoms with Gasteiger partial charge in [-0.25, -0.2) is 9.59 Å². The molecule has 0 saturated heterocycles. The van der Waals surface area contributed by atoms with Gasteiger partial charge in [0.15, 0.2) is 11.5 Å². The third-order valence-corrected chi connectivity index (χ3v) is 4.48. The van der Waals surface area contributed by atoms with E-state index in [0.29, 0.717) is 47.1 Å². The van der Waals surface area contributed by atoms with Crippen molar-refractivity contribution in [3.05, 3.63) is 29.0 Å². The van der Waals surface area contributed by atoms with Gasteiger partial charge in [-0.05, 0) is 44.4 Å². The van der Waals surface area contributed by atoms with Crippen LogP contribution in [0.5, 0.6) is 17.2 Å². The van der Waals surface area contributed by atoms with E-state index >= 15 is 0 Å². The van der Waals surface area contributed by atoms with Gasteiger partial charge in [0.2, 0.25) is 5.75 Å². The highest BCUT2D eigenvalue weighted by Gasteiger charge is 2.35. The van der Waals surface area contributed by atoms with Crippen molar-refractivity contribution in [3.8, 4) is 17.2 Å². The maximum Gasteiger partial charge on any atom is 0.338 e. The number of ether oxygens (including phenoxy) is 4. The van der Waals surface area contributed by atoms with Crippen LogP contribution in [0, 0.1) is 0 Å². The molecule has 2 rings (SSSR count). The summed E-state index contributed by atoms with van der Waals surface area (Å²) in [6.07, 6.45) is 1.84. The molecule has 0 fully saturated rings. The molecule has 1 aromatic carbocycles.